The monoisotopic (exact) mass is 245 g/mol. The van der Waals surface area contributed by atoms with E-state index in [1.165, 1.54) is 38.2 Å². The second kappa shape index (κ2) is 4.98. The van der Waals surface area contributed by atoms with Gasteiger partial charge in [-0.1, -0.05) is 6.92 Å². The summed E-state index contributed by atoms with van der Waals surface area (Å²) < 4.78 is 0. The molecule has 18 heavy (non-hydrogen) atoms. The van der Waals surface area contributed by atoms with Crippen LogP contribution >= 0.6 is 0 Å². The molecule has 1 saturated carbocycles. The number of hydrogen-bond acceptors (Lipinski definition) is 3. The second-order valence-electron chi connectivity index (χ2n) is 5.97. The maximum atomic E-state index is 4.32. The third kappa shape index (κ3) is 2.57. The van der Waals surface area contributed by atoms with Crippen molar-refractivity contribution in [3.8, 4) is 0 Å². The molecule has 3 heteroatoms. The molecule has 2 heterocycles. The molecular formula is C15H23N3. The Balaban J connectivity index is 1.69. The van der Waals surface area contributed by atoms with Crippen LogP contribution in [0.5, 0.6) is 0 Å². The molecule has 2 aliphatic rings. The minimum atomic E-state index is 0.801. The van der Waals surface area contributed by atoms with Crippen LogP contribution in [-0.2, 0) is 6.54 Å². The molecule has 1 aliphatic carbocycles. The van der Waals surface area contributed by atoms with Gasteiger partial charge in [0, 0.05) is 45.1 Å². The number of pyridine rings is 1. The maximum Gasteiger partial charge on any atom is 0.0315 e. The van der Waals surface area contributed by atoms with Crippen LogP contribution in [0, 0.1) is 5.92 Å². The third-order valence-corrected chi connectivity index (χ3v) is 4.44. The third-order valence-electron chi connectivity index (χ3n) is 4.44. The highest BCUT2D eigenvalue weighted by molar-refractivity contribution is 5.31. The summed E-state index contributed by atoms with van der Waals surface area (Å²) >= 11 is 0. The van der Waals surface area contributed by atoms with Crippen molar-refractivity contribution in [2.24, 2.45) is 5.92 Å². The number of rotatable bonds is 3. The Bertz CT molecular complexity index is 410. The normalized spacial score (nSPS) is 29.4. The fourth-order valence-electron chi connectivity index (χ4n) is 2.93. The predicted octanol–water partition coefficient (Wildman–Crippen LogP) is 1.95. The summed E-state index contributed by atoms with van der Waals surface area (Å²) in [5, 5.41) is 0. The maximum absolute atomic E-state index is 4.32. The summed E-state index contributed by atoms with van der Waals surface area (Å²) in [6.07, 6.45) is 5.40. The fraction of sp³-hybridized carbons (Fsp3) is 0.667. The Kier molecular flexibility index (Phi) is 3.35. The average Bonchev–Trinajstić information content (AvgIpc) is 3.10. The molecule has 2 unspecified atom stereocenters. The van der Waals surface area contributed by atoms with E-state index in [-0.39, 0.29) is 0 Å². The zero-order valence-corrected chi connectivity index (χ0v) is 11.5. The SMILES string of the molecule is CC1CC1c1ccncc1CN1CCN(C)CC1. The van der Waals surface area contributed by atoms with E-state index >= 15 is 0 Å². The van der Waals surface area contributed by atoms with Crippen molar-refractivity contribution >= 4 is 0 Å². The van der Waals surface area contributed by atoms with Crippen molar-refractivity contribution in [2.75, 3.05) is 33.2 Å². The van der Waals surface area contributed by atoms with Gasteiger partial charge in [0.15, 0.2) is 0 Å². The Morgan fingerprint density at radius 2 is 2.00 bits per heavy atom. The van der Waals surface area contributed by atoms with Gasteiger partial charge >= 0.3 is 0 Å². The molecule has 1 aromatic heterocycles. The molecule has 0 radical (unpaired) electrons. The number of aromatic nitrogens is 1. The quantitative estimate of drug-likeness (QED) is 0.811. The molecule has 0 spiro atoms. The summed E-state index contributed by atoms with van der Waals surface area (Å²) in [5.74, 6) is 1.68. The Labute approximate surface area is 110 Å². The zero-order chi connectivity index (χ0) is 12.5. The van der Waals surface area contributed by atoms with E-state index in [2.05, 4.69) is 41.0 Å². The minimum absolute atomic E-state index is 0.801. The predicted molar refractivity (Wildman–Crippen MR) is 73.5 cm³/mol. The Hall–Kier alpha value is -0.930. The van der Waals surface area contributed by atoms with E-state index in [1.807, 2.05) is 6.20 Å². The highest BCUT2D eigenvalue weighted by Crippen LogP contribution is 2.47. The van der Waals surface area contributed by atoms with Gasteiger partial charge in [0.05, 0.1) is 0 Å². The smallest absolute Gasteiger partial charge is 0.0315 e. The van der Waals surface area contributed by atoms with Gasteiger partial charge in [-0.2, -0.15) is 0 Å². The topological polar surface area (TPSA) is 19.4 Å². The van der Waals surface area contributed by atoms with E-state index in [9.17, 15) is 0 Å². The first kappa shape index (κ1) is 12.1. The lowest BCUT2D eigenvalue weighted by Gasteiger charge is -2.32. The Morgan fingerprint density at radius 3 is 2.67 bits per heavy atom. The molecule has 1 saturated heterocycles. The van der Waals surface area contributed by atoms with E-state index in [4.69, 9.17) is 0 Å². The lowest BCUT2D eigenvalue weighted by Crippen LogP contribution is -2.44. The number of likely N-dealkylation sites (N-methyl/N-ethyl adjacent to an activating group) is 1. The molecule has 3 nitrogen and oxygen atoms in total. The first-order valence-electron chi connectivity index (χ1n) is 7.07. The molecule has 1 aromatic rings. The molecule has 1 aliphatic heterocycles. The van der Waals surface area contributed by atoms with Crippen LogP contribution in [-0.4, -0.2) is 48.0 Å². The van der Waals surface area contributed by atoms with Crippen molar-refractivity contribution < 1.29 is 0 Å². The van der Waals surface area contributed by atoms with E-state index < -0.39 is 0 Å². The van der Waals surface area contributed by atoms with Gasteiger partial charge in [-0.3, -0.25) is 9.88 Å². The molecule has 0 N–H and O–H groups in total. The Morgan fingerprint density at radius 1 is 1.28 bits per heavy atom. The molecule has 3 rings (SSSR count). The largest absolute Gasteiger partial charge is 0.304 e. The van der Waals surface area contributed by atoms with Crippen LogP contribution in [0.1, 0.15) is 30.4 Å². The molecular weight excluding hydrogens is 222 g/mol. The van der Waals surface area contributed by atoms with Gasteiger partial charge in [0.1, 0.15) is 0 Å². The molecule has 98 valence electrons. The van der Waals surface area contributed by atoms with Crippen LogP contribution in [0.4, 0.5) is 0 Å². The van der Waals surface area contributed by atoms with Crippen molar-refractivity contribution in [1.29, 1.82) is 0 Å². The van der Waals surface area contributed by atoms with Crippen LogP contribution in [0.3, 0.4) is 0 Å². The van der Waals surface area contributed by atoms with Crippen LogP contribution in [0.2, 0.25) is 0 Å². The van der Waals surface area contributed by atoms with E-state index in [1.54, 1.807) is 5.56 Å². The summed E-state index contributed by atoms with van der Waals surface area (Å²) in [6, 6.07) is 2.24. The van der Waals surface area contributed by atoms with Crippen molar-refractivity contribution in [1.82, 2.24) is 14.8 Å². The van der Waals surface area contributed by atoms with Crippen molar-refractivity contribution in [2.45, 2.75) is 25.8 Å². The molecule has 0 bridgehead atoms. The summed E-state index contributed by atoms with van der Waals surface area (Å²) in [6.45, 7) is 8.19. The van der Waals surface area contributed by atoms with Gasteiger partial charge in [0.25, 0.3) is 0 Å². The molecule has 2 atom stereocenters. The van der Waals surface area contributed by atoms with E-state index in [0.29, 0.717) is 0 Å². The molecule has 0 aromatic carbocycles. The zero-order valence-electron chi connectivity index (χ0n) is 11.5. The summed E-state index contributed by atoms with van der Waals surface area (Å²) in [7, 11) is 2.21. The summed E-state index contributed by atoms with van der Waals surface area (Å²) in [4.78, 5) is 9.29. The van der Waals surface area contributed by atoms with Crippen molar-refractivity contribution in [3.63, 3.8) is 0 Å². The minimum Gasteiger partial charge on any atom is -0.304 e. The average molecular weight is 245 g/mol. The number of hydrogen-bond donors (Lipinski definition) is 0. The number of piperazine rings is 1. The summed E-state index contributed by atoms with van der Waals surface area (Å²) in [5.41, 5.74) is 3.01. The van der Waals surface area contributed by atoms with Crippen molar-refractivity contribution in [3.05, 3.63) is 29.6 Å². The second-order valence-corrected chi connectivity index (χ2v) is 5.97. The highest BCUT2D eigenvalue weighted by Gasteiger charge is 2.35. The van der Waals surface area contributed by atoms with Gasteiger partial charge in [0.2, 0.25) is 0 Å². The standard InChI is InChI=1S/C15H23N3/c1-12-9-15(12)14-3-4-16-10-13(14)11-18-7-5-17(2)6-8-18/h3-4,10,12,15H,5-9,11H2,1-2H3. The van der Waals surface area contributed by atoms with Crippen LogP contribution in [0.15, 0.2) is 18.5 Å². The van der Waals surface area contributed by atoms with Crippen LogP contribution in [0.25, 0.3) is 0 Å². The van der Waals surface area contributed by atoms with Crippen LogP contribution < -0.4 is 0 Å². The first-order valence-corrected chi connectivity index (χ1v) is 7.07. The van der Waals surface area contributed by atoms with E-state index in [0.717, 1.165) is 18.4 Å². The molecule has 0 amide bonds. The van der Waals surface area contributed by atoms with Gasteiger partial charge in [-0.25, -0.2) is 0 Å². The first-order chi connectivity index (χ1) is 8.74. The van der Waals surface area contributed by atoms with Gasteiger partial charge < -0.3 is 4.90 Å². The van der Waals surface area contributed by atoms with Gasteiger partial charge in [-0.15, -0.1) is 0 Å². The molecule has 2 fully saturated rings. The fourth-order valence-corrected chi connectivity index (χ4v) is 2.93. The highest BCUT2D eigenvalue weighted by atomic mass is 15.2. The van der Waals surface area contributed by atoms with Gasteiger partial charge in [-0.05, 0) is 42.5 Å². The lowest BCUT2D eigenvalue weighted by molar-refractivity contribution is 0.148. The number of nitrogens with zero attached hydrogens (tertiary/aromatic N) is 3. The lowest BCUT2D eigenvalue weighted by atomic mass is 10.0.